The van der Waals surface area contributed by atoms with Gasteiger partial charge in [-0.05, 0) is 55.0 Å². The van der Waals surface area contributed by atoms with Gasteiger partial charge in [0, 0.05) is 5.02 Å². The number of hydrogen-bond acceptors (Lipinski definition) is 4. The smallest absolute Gasteiger partial charge is 0.280 e. The number of methoxy groups -OCH3 is 1. The van der Waals surface area contributed by atoms with E-state index in [4.69, 9.17) is 21.1 Å². The Balaban J connectivity index is 1.86. The molecular weight excluding hydrogens is 316 g/mol. The Morgan fingerprint density at radius 1 is 1.22 bits per heavy atom. The highest BCUT2D eigenvalue weighted by molar-refractivity contribution is 6.30. The molecule has 0 fully saturated rings. The summed E-state index contributed by atoms with van der Waals surface area (Å²) in [7, 11) is 1.60. The van der Waals surface area contributed by atoms with Crippen molar-refractivity contribution < 1.29 is 14.3 Å². The van der Waals surface area contributed by atoms with Crippen LogP contribution in [0.25, 0.3) is 0 Å². The molecule has 0 saturated heterocycles. The number of hydrazone groups is 1. The van der Waals surface area contributed by atoms with E-state index in [1.165, 1.54) is 0 Å². The SMILES string of the molecule is COc1ccc(C=NNC(=O)C(C)Oc2cccc(Cl)c2)cc1. The summed E-state index contributed by atoms with van der Waals surface area (Å²) in [4.78, 5) is 11.9. The number of nitrogens with one attached hydrogen (secondary N) is 1. The summed E-state index contributed by atoms with van der Waals surface area (Å²) in [5.41, 5.74) is 3.28. The van der Waals surface area contributed by atoms with Crippen LogP contribution in [-0.2, 0) is 4.79 Å². The van der Waals surface area contributed by atoms with Crippen LogP contribution in [0.15, 0.2) is 53.6 Å². The average Bonchev–Trinajstić information content (AvgIpc) is 2.55. The van der Waals surface area contributed by atoms with Gasteiger partial charge in [0.1, 0.15) is 11.5 Å². The van der Waals surface area contributed by atoms with Crippen LogP contribution in [0.5, 0.6) is 11.5 Å². The highest BCUT2D eigenvalue weighted by Gasteiger charge is 2.13. The van der Waals surface area contributed by atoms with Crippen LogP contribution in [0.2, 0.25) is 5.02 Å². The summed E-state index contributed by atoms with van der Waals surface area (Å²) >= 11 is 5.87. The van der Waals surface area contributed by atoms with E-state index in [0.717, 1.165) is 11.3 Å². The fraction of sp³-hybridized carbons (Fsp3) is 0.176. The highest BCUT2D eigenvalue weighted by Crippen LogP contribution is 2.18. The minimum absolute atomic E-state index is 0.352. The Hall–Kier alpha value is -2.53. The van der Waals surface area contributed by atoms with E-state index in [-0.39, 0.29) is 5.91 Å². The number of carbonyl (C=O) groups excluding carboxylic acids is 1. The fourth-order valence-corrected chi connectivity index (χ4v) is 1.93. The summed E-state index contributed by atoms with van der Waals surface area (Å²) in [6.07, 6.45) is 0.852. The van der Waals surface area contributed by atoms with E-state index in [1.54, 1.807) is 44.5 Å². The van der Waals surface area contributed by atoms with Gasteiger partial charge in [-0.25, -0.2) is 5.43 Å². The van der Waals surface area contributed by atoms with Gasteiger partial charge in [-0.15, -0.1) is 0 Å². The Labute approximate surface area is 139 Å². The van der Waals surface area contributed by atoms with Crippen LogP contribution in [-0.4, -0.2) is 25.3 Å². The first-order valence-electron chi connectivity index (χ1n) is 6.97. The lowest BCUT2D eigenvalue weighted by Crippen LogP contribution is -2.33. The molecule has 0 aliphatic rings. The van der Waals surface area contributed by atoms with E-state index in [1.807, 2.05) is 24.3 Å². The van der Waals surface area contributed by atoms with Crippen molar-refractivity contribution in [1.82, 2.24) is 5.43 Å². The van der Waals surface area contributed by atoms with Gasteiger partial charge in [-0.1, -0.05) is 17.7 Å². The van der Waals surface area contributed by atoms with E-state index in [9.17, 15) is 4.79 Å². The molecule has 2 aromatic rings. The minimum Gasteiger partial charge on any atom is -0.497 e. The Bertz CT molecular complexity index is 686. The molecule has 1 atom stereocenters. The lowest BCUT2D eigenvalue weighted by atomic mass is 10.2. The van der Waals surface area contributed by atoms with E-state index >= 15 is 0 Å². The van der Waals surface area contributed by atoms with Crippen molar-refractivity contribution in [1.29, 1.82) is 0 Å². The third-order valence-electron chi connectivity index (χ3n) is 2.98. The first-order chi connectivity index (χ1) is 11.1. The van der Waals surface area contributed by atoms with Crippen molar-refractivity contribution >= 4 is 23.7 Å². The van der Waals surface area contributed by atoms with E-state index < -0.39 is 6.10 Å². The van der Waals surface area contributed by atoms with Crippen molar-refractivity contribution in [2.45, 2.75) is 13.0 Å². The predicted octanol–water partition coefficient (Wildman–Crippen LogP) is 3.27. The van der Waals surface area contributed by atoms with Crippen molar-refractivity contribution in [2.24, 2.45) is 5.10 Å². The number of hydrogen-bond donors (Lipinski definition) is 1. The van der Waals surface area contributed by atoms with Crippen LogP contribution in [0, 0.1) is 0 Å². The molecular formula is C17H17ClN2O3. The van der Waals surface area contributed by atoms with Crippen LogP contribution in [0.4, 0.5) is 0 Å². The van der Waals surface area contributed by atoms with Crippen molar-refractivity contribution in [3.63, 3.8) is 0 Å². The zero-order valence-corrected chi connectivity index (χ0v) is 13.6. The molecule has 1 amide bonds. The first-order valence-corrected chi connectivity index (χ1v) is 7.35. The largest absolute Gasteiger partial charge is 0.497 e. The molecule has 5 nitrogen and oxygen atoms in total. The van der Waals surface area contributed by atoms with Gasteiger partial charge in [-0.3, -0.25) is 4.79 Å². The number of benzene rings is 2. The fourth-order valence-electron chi connectivity index (χ4n) is 1.75. The van der Waals surface area contributed by atoms with Gasteiger partial charge in [0.15, 0.2) is 6.10 Å². The van der Waals surface area contributed by atoms with E-state index in [0.29, 0.717) is 10.8 Å². The predicted molar refractivity (Wildman–Crippen MR) is 90.3 cm³/mol. The van der Waals surface area contributed by atoms with Crippen LogP contribution < -0.4 is 14.9 Å². The standard InChI is InChI=1S/C17H17ClN2O3/c1-12(23-16-5-3-4-14(18)10-16)17(21)20-19-11-13-6-8-15(22-2)9-7-13/h3-12H,1-2H3,(H,20,21). The normalized spacial score (nSPS) is 12.0. The van der Waals surface area contributed by atoms with Crippen molar-refractivity contribution in [3.05, 3.63) is 59.1 Å². The number of carbonyl (C=O) groups is 1. The minimum atomic E-state index is -0.693. The zero-order chi connectivity index (χ0) is 16.7. The average molecular weight is 333 g/mol. The zero-order valence-electron chi connectivity index (χ0n) is 12.8. The molecule has 0 bridgehead atoms. The first kappa shape index (κ1) is 16.8. The van der Waals surface area contributed by atoms with Crippen molar-refractivity contribution in [2.75, 3.05) is 7.11 Å². The summed E-state index contributed by atoms with van der Waals surface area (Å²) in [5, 5.41) is 4.45. The Morgan fingerprint density at radius 2 is 1.96 bits per heavy atom. The Morgan fingerprint density at radius 3 is 2.61 bits per heavy atom. The molecule has 2 aromatic carbocycles. The van der Waals surface area contributed by atoms with Gasteiger partial charge in [-0.2, -0.15) is 5.10 Å². The molecule has 1 unspecified atom stereocenters. The van der Waals surface area contributed by atoms with E-state index in [2.05, 4.69) is 10.5 Å². The molecule has 0 radical (unpaired) electrons. The number of amides is 1. The quantitative estimate of drug-likeness (QED) is 0.652. The Kier molecular flexibility index (Phi) is 6.00. The maximum Gasteiger partial charge on any atom is 0.280 e. The van der Waals surface area contributed by atoms with Gasteiger partial charge in [0.2, 0.25) is 0 Å². The molecule has 0 heterocycles. The molecule has 0 aliphatic heterocycles. The second-order valence-corrected chi connectivity index (χ2v) is 5.16. The third kappa shape index (κ3) is 5.30. The lowest BCUT2D eigenvalue weighted by molar-refractivity contribution is -0.127. The number of halogens is 1. The molecule has 2 rings (SSSR count). The molecule has 0 aromatic heterocycles. The molecule has 120 valence electrons. The highest BCUT2D eigenvalue weighted by atomic mass is 35.5. The molecule has 1 N–H and O–H groups in total. The van der Waals surface area contributed by atoms with Gasteiger partial charge >= 0.3 is 0 Å². The number of nitrogens with zero attached hydrogens (tertiary/aromatic N) is 1. The van der Waals surface area contributed by atoms with Crippen LogP contribution >= 0.6 is 11.6 Å². The van der Waals surface area contributed by atoms with Crippen LogP contribution in [0.3, 0.4) is 0 Å². The monoisotopic (exact) mass is 332 g/mol. The lowest BCUT2D eigenvalue weighted by Gasteiger charge is -2.12. The van der Waals surface area contributed by atoms with Gasteiger partial charge in [0.05, 0.1) is 13.3 Å². The maximum absolute atomic E-state index is 11.9. The molecule has 6 heteroatoms. The van der Waals surface area contributed by atoms with Crippen molar-refractivity contribution in [3.8, 4) is 11.5 Å². The summed E-state index contributed by atoms with van der Waals surface area (Å²) in [6.45, 7) is 1.64. The molecule has 23 heavy (non-hydrogen) atoms. The molecule has 0 saturated carbocycles. The van der Waals surface area contributed by atoms with Gasteiger partial charge < -0.3 is 9.47 Å². The summed E-state index contributed by atoms with van der Waals surface area (Å²) in [5.74, 6) is 0.934. The second kappa shape index (κ2) is 8.19. The number of rotatable bonds is 6. The molecule has 0 aliphatic carbocycles. The van der Waals surface area contributed by atoms with Gasteiger partial charge in [0.25, 0.3) is 5.91 Å². The summed E-state index contributed by atoms with van der Waals surface area (Å²) in [6, 6.07) is 14.2. The summed E-state index contributed by atoms with van der Waals surface area (Å²) < 4.78 is 10.6. The maximum atomic E-state index is 11.9. The molecule has 0 spiro atoms. The third-order valence-corrected chi connectivity index (χ3v) is 3.22. The second-order valence-electron chi connectivity index (χ2n) is 4.72. The number of ether oxygens (including phenoxy) is 2. The topological polar surface area (TPSA) is 59.9 Å². The van der Waals surface area contributed by atoms with Crippen LogP contribution in [0.1, 0.15) is 12.5 Å².